The molecule has 6 nitrogen and oxygen atoms in total. The summed E-state index contributed by atoms with van der Waals surface area (Å²) in [6, 6.07) is 7.44. The molecule has 0 spiro atoms. The van der Waals surface area contributed by atoms with Gasteiger partial charge in [0.05, 0.1) is 13.7 Å². The first kappa shape index (κ1) is 14.8. The van der Waals surface area contributed by atoms with Gasteiger partial charge >= 0.3 is 6.09 Å². The van der Waals surface area contributed by atoms with Gasteiger partial charge in [0.15, 0.2) is 0 Å². The Kier molecular flexibility index (Phi) is 4.29. The molecule has 2 aliphatic rings. The third-order valence-electron chi connectivity index (χ3n) is 3.99. The van der Waals surface area contributed by atoms with E-state index in [1.165, 1.54) is 7.11 Å². The van der Waals surface area contributed by atoms with Gasteiger partial charge in [-0.1, -0.05) is 0 Å². The van der Waals surface area contributed by atoms with Crippen molar-refractivity contribution in [3.63, 3.8) is 0 Å². The minimum absolute atomic E-state index is 0.0400. The molecule has 118 valence electrons. The van der Waals surface area contributed by atoms with Crippen molar-refractivity contribution in [2.24, 2.45) is 5.92 Å². The van der Waals surface area contributed by atoms with Crippen LogP contribution < -0.4 is 9.80 Å². The fourth-order valence-electron chi connectivity index (χ4n) is 2.56. The summed E-state index contributed by atoms with van der Waals surface area (Å²) in [7, 11) is 1.39. The van der Waals surface area contributed by atoms with Crippen LogP contribution in [0, 0.1) is 5.92 Å². The van der Waals surface area contributed by atoms with E-state index >= 15 is 0 Å². The Morgan fingerprint density at radius 2 is 2.09 bits per heavy atom. The van der Waals surface area contributed by atoms with E-state index in [4.69, 9.17) is 9.47 Å². The highest BCUT2D eigenvalue weighted by molar-refractivity contribution is 5.95. The molecule has 1 aliphatic heterocycles. The zero-order chi connectivity index (χ0) is 15.5. The Hall–Kier alpha value is -2.08. The lowest BCUT2D eigenvalue weighted by molar-refractivity contribution is -0.125. The third-order valence-corrected chi connectivity index (χ3v) is 3.99. The standard InChI is InChI=1S/C16H20N2O4/c1-21-16(20)18(10-12-2-3-12)14-6-4-13(5-7-14)17-8-9-22-11-15(17)19/h4-7,12H,2-3,8-11H2,1H3. The van der Waals surface area contributed by atoms with Crippen LogP contribution in [0.1, 0.15) is 12.8 Å². The van der Waals surface area contributed by atoms with Crippen LogP contribution in [-0.4, -0.2) is 45.4 Å². The lowest BCUT2D eigenvalue weighted by Gasteiger charge is -2.27. The van der Waals surface area contributed by atoms with Crippen molar-refractivity contribution in [3.8, 4) is 0 Å². The lowest BCUT2D eigenvalue weighted by atomic mass is 10.2. The van der Waals surface area contributed by atoms with Crippen LogP contribution in [0.15, 0.2) is 24.3 Å². The molecule has 0 unspecified atom stereocenters. The summed E-state index contributed by atoms with van der Waals surface area (Å²) in [5.74, 6) is 0.529. The predicted octanol–water partition coefficient (Wildman–Crippen LogP) is 2.03. The molecule has 0 aromatic heterocycles. The van der Waals surface area contributed by atoms with Crippen molar-refractivity contribution < 1.29 is 19.1 Å². The maximum atomic E-state index is 11.9. The number of hydrogen-bond acceptors (Lipinski definition) is 4. The van der Waals surface area contributed by atoms with Gasteiger partial charge in [-0.05, 0) is 43.0 Å². The van der Waals surface area contributed by atoms with Gasteiger partial charge in [0.2, 0.25) is 0 Å². The van der Waals surface area contributed by atoms with Crippen molar-refractivity contribution in [1.29, 1.82) is 0 Å². The molecule has 0 atom stereocenters. The third kappa shape index (κ3) is 3.22. The highest BCUT2D eigenvalue weighted by Crippen LogP contribution is 2.32. The van der Waals surface area contributed by atoms with E-state index in [0.717, 1.165) is 24.2 Å². The molecule has 0 radical (unpaired) electrons. The van der Waals surface area contributed by atoms with Crippen molar-refractivity contribution in [3.05, 3.63) is 24.3 Å². The second-order valence-electron chi connectivity index (χ2n) is 5.64. The highest BCUT2D eigenvalue weighted by Gasteiger charge is 2.28. The molecule has 1 saturated heterocycles. The number of carbonyl (C=O) groups excluding carboxylic acids is 2. The normalized spacial score (nSPS) is 18.2. The topological polar surface area (TPSA) is 59.1 Å². The Morgan fingerprint density at radius 3 is 2.68 bits per heavy atom. The van der Waals surface area contributed by atoms with Crippen LogP contribution >= 0.6 is 0 Å². The monoisotopic (exact) mass is 304 g/mol. The van der Waals surface area contributed by atoms with Crippen LogP contribution in [0.2, 0.25) is 0 Å². The van der Waals surface area contributed by atoms with Gasteiger partial charge in [-0.2, -0.15) is 0 Å². The van der Waals surface area contributed by atoms with Crippen LogP contribution in [-0.2, 0) is 14.3 Å². The molecular formula is C16H20N2O4. The molecule has 0 N–H and O–H groups in total. The number of carbonyl (C=O) groups is 2. The van der Waals surface area contributed by atoms with Crippen LogP contribution in [0.25, 0.3) is 0 Å². The molecule has 1 aromatic rings. The quantitative estimate of drug-likeness (QED) is 0.854. The van der Waals surface area contributed by atoms with Crippen LogP contribution in [0.3, 0.4) is 0 Å². The van der Waals surface area contributed by atoms with Gasteiger partial charge in [0, 0.05) is 24.5 Å². The summed E-state index contributed by atoms with van der Waals surface area (Å²) in [6.45, 7) is 1.91. The summed E-state index contributed by atoms with van der Waals surface area (Å²) >= 11 is 0. The van der Waals surface area contributed by atoms with Crippen LogP contribution in [0.5, 0.6) is 0 Å². The van der Waals surface area contributed by atoms with Crippen LogP contribution in [0.4, 0.5) is 16.2 Å². The zero-order valence-electron chi connectivity index (χ0n) is 12.7. The number of ether oxygens (including phenoxy) is 2. The second-order valence-corrected chi connectivity index (χ2v) is 5.64. The SMILES string of the molecule is COC(=O)N(CC1CC1)c1ccc(N2CCOCC2=O)cc1. The average Bonchev–Trinajstić information content (AvgIpc) is 3.37. The number of hydrogen-bond donors (Lipinski definition) is 0. The van der Waals surface area contributed by atoms with Gasteiger partial charge in [-0.25, -0.2) is 4.79 Å². The molecule has 2 amide bonds. The summed E-state index contributed by atoms with van der Waals surface area (Å²) < 4.78 is 10.00. The molecule has 2 fully saturated rings. The first-order chi connectivity index (χ1) is 10.7. The van der Waals surface area contributed by atoms with E-state index in [0.29, 0.717) is 25.6 Å². The number of morpholine rings is 1. The van der Waals surface area contributed by atoms with E-state index in [1.54, 1.807) is 9.80 Å². The Bertz CT molecular complexity index is 554. The Balaban J connectivity index is 1.76. The lowest BCUT2D eigenvalue weighted by Crippen LogP contribution is -2.41. The molecule has 1 aliphatic carbocycles. The van der Waals surface area contributed by atoms with E-state index in [9.17, 15) is 9.59 Å². The second kappa shape index (κ2) is 6.36. The minimum atomic E-state index is -0.345. The molecule has 1 saturated carbocycles. The Labute approximate surface area is 129 Å². The maximum Gasteiger partial charge on any atom is 0.414 e. The van der Waals surface area contributed by atoms with Crippen molar-refractivity contribution in [2.75, 3.05) is 43.2 Å². The first-order valence-corrected chi connectivity index (χ1v) is 7.52. The van der Waals surface area contributed by atoms with E-state index in [-0.39, 0.29) is 18.6 Å². The number of nitrogens with zero attached hydrogens (tertiary/aromatic N) is 2. The summed E-state index contributed by atoms with van der Waals surface area (Å²) in [5.41, 5.74) is 1.62. The van der Waals surface area contributed by atoms with Crippen molar-refractivity contribution in [1.82, 2.24) is 0 Å². The zero-order valence-corrected chi connectivity index (χ0v) is 12.7. The van der Waals surface area contributed by atoms with Gasteiger partial charge in [-0.3, -0.25) is 9.69 Å². The average molecular weight is 304 g/mol. The fourth-order valence-corrected chi connectivity index (χ4v) is 2.56. The van der Waals surface area contributed by atoms with E-state index in [2.05, 4.69) is 0 Å². The molecule has 3 rings (SSSR count). The molecular weight excluding hydrogens is 284 g/mol. The number of methoxy groups -OCH3 is 1. The Morgan fingerprint density at radius 1 is 1.36 bits per heavy atom. The van der Waals surface area contributed by atoms with Gasteiger partial charge in [0.25, 0.3) is 5.91 Å². The maximum absolute atomic E-state index is 11.9. The largest absolute Gasteiger partial charge is 0.452 e. The summed E-state index contributed by atoms with van der Waals surface area (Å²) in [6.07, 6.45) is 1.98. The molecule has 1 aromatic carbocycles. The minimum Gasteiger partial charge on any atom is -0.452 e. The molecule has 22 heavy (non-hydrogen) atoms. The predicted molar refractivity (Wildman–Crippen MR) is 82.1 cm³/mol. The molecule has 0 bridgehead atoms. The van der Waals surface area contributed by atoms with E-state index in [1.807, 2.05) is 24.3 Å². The van der Waals surface area contributed by atoms with Crippen molar-refractivity contribution in [2.45, 2.75) is 12.8 Å². The first-order valence-electron chi connectivity index (χ1n) is 7.52. The number of amides is 2. The number of rotatable bonds is 4. The summed E-state index contributed by atoms with van der Waals surface area (Å²) in [5, 5.41) is 0. The smallest absolute Gasteiger partial charge is 0.414 e. The van der Waals surface area contributed by atoms with Gasteiger partial charge in [0.1, 0.15) is 6.61 Å². The fraction of sp³-hybridized carbons (Fsp3) is 0.500. The van der Waals surface area contributed by atoms with Crippen molar-refractivity contribution >= 4 is 23.4 Å². The number of benzene rings is 1. The molecule has 1 heterocycles. The highest BCUT2D eigenvalue weighted by atomic mass is 16.5. The number of anilines is 2. The summed E-state index contributed by atoms with van der Waals surface area (Å²) in [4.78, 5) is 27.1. The molecule has 6 heteroatoms. The van der Waals surface area contributed by atoms with Gasteiger partial charge < -0.3 is 14.4 Å². The van der Waals surface area contributed by atoms with E-state index < -0.39 is 0 Å². The van der Waals surface area contributed by atoms with Gasteiger partial charge in [-0.15, -0.1) is 0 Å².